The normalized spacial score (nSPS) is 12.9. The molecule has 0 fully saturated rings. The summed E-state index contributed by atoms with van der Waals surface area (Å²) in [6.07, 6.45) is 1.64. The molecule has 0 saturated carbocycles. The molecule has 3 heteroatoms. The third-order valence-corrected chi connectivity index (χ3v) is 2.40. The van der Waals surface area contributed by atoms with Crippen LogP contribution in [0, 0.1) is 5.82 Å². The number of benzene rings is 1. The first-order valence-corrected chi connectivity index (χ1v) is 5.11. The van der Waals surface area contributed by atoms with E-state index in [1.807, 2.05) is 13.0 Å². The number of halogens is 2. The van der Waals surface area contributed by atoms with Crippen LogP contribution in [0.2, 0.25) is 0 Å². The molecule has 1 unspecified atom stereocenters. The van der Waals surface area contributed by atoms with E-state index < -0.39 is 0 Å². The minimum Gasteiger partial charge on any atom is -0.327 e. The molecule has 0 saturated heterocycles. The smallest absolute Gasteiger partial charge is 0.124 e. The molecular weight excluding hydrogens is 233 g/mol. The molecule has 2 N–H and O–H groups in total. The molecule has 0 radical (unpaired) electrons. The van der Waals surface area contributed by atoms with Crippen molar-refractivity contribution in [1.29, 1.82) is 0 Å². The summed E-state index contributed by atoms with van der Waals surface area (Å²) in [4.78, 5) is 0. The third kappa shape index (κ3) is 3.44. The first kappa shape index (κ1) is 10.7. The van der Waals surface area contributed by atoms with E-state index in [1.165, 1.54) is 12.1 Å². The van der Waals surface area contributed by atoms with Crippen molar-refractivity contribution in [2.75, 3.05) is 0 Å². The second-order valence-corrected chi connectivity index (χ2v) is 4.07. The average molecular weight is 246 g/mol. The molecule has 1 aromatic rings. The van der Waals surface area contributed by atoms with Gasteiger partial charge in [0.05, 0.1) is 0 Å². The highest BCUT2D eigenvalue weighted by atomic mass is 79.9. The summed E-state index contributed by atoms with van der Waals surface area (Å²) in [5.74, 6) is -0.215. The van der Waals surface area contributed by atoms with Crippen LogP contribution in [0.4, 0.5) is 4.39 Å². The highest BCUT2D eigenvalue weighted by Crippen LogP contribution is 2.16. The first-order valence-electron chi connectivity index (χ1n) is 4.32. The zero-order chi connectivity index (χ0) is 9.84. The Morgan fingerprint density at radius 3 is 2.69 bits per heavy atom. The number of nitrogens with two attached hydrogens (primary N) is 1. The van der Waals surface area contributed by atoms with Gasteiger partial charge in [0.15, 0.2) is 0 Å². The number of hydrogen-bond acceptors (Lipinski definition) is 1. The summed E-state index contributed by atoms with van der Waals surface area (Å²) in [7, 11) is 0. The molecule has 0 amide bonds. The van der Waals surface area contributed by atoms with Crippen molar-refractivity contribution < 1.29 is 4.39 Å². The Morgan fingerprint density at radius 2 is 2.15 bits per heavy atom. The molecule has 1 aromatic carbocycles. The molecule has 0 bridgehead atoms. The van der Waals surface area contributed by atoms with Crippen LogP contribution < -0.4 is 5.73 Å². The first-order chi connectivity index (χ1) is 6.11. The summed E-state index contributed by atoms with van der Waals surface area (Å²) < 4.78 is 13.7. The second-order valence-electron chi connectivity index (χ2n) is 3.15. The molecular formula is C10H13BrFN. The van der Waals surface area contributed by atoms with Gasteiger partial charge in [0, 0.05) is 10.5 Å². The second kappa shape index (κ2) is 4.72. The van der Waals surface area contributed by atoms with E-state index in [0.29, 0.717) is 0 Å². The molecule has 0 spiro atoms. The van der Waals surface area contributed by atoms with Crippen LogP contribution in [-0.2, 0) is 6.42 Å². The minimum absolute atomic E-state index is 0.119. The van der Waals surface area contributed by atoms with Gasteiger partial charge in [-0.1, -0.05) is 22.9 Å². The fourth-order valence-electron chi connectivity index (χ4n) is 1.18. The van der Waals surface area contributed by atoms with Crippen LogP contribution in [0.25, 0.3) is 0 Å². The lowest BCUT2D eigenvalue weighted by Gasteiger charge is -2.08. The van der Waals surface area contributed by atoms with Gasteiger partial charge in [-0.05, 0) is 36.6 Å². The van der Waals surface area contributed by atoms with Gasteiger partial charge < -0.3 is 5.73 Å². The molecule has 72 valence electrons. The maximum absolute atomic E-state index is 12.9. The van der Waals surface area contributed by atoms with Gasteiger partial charge in [-0.2, -0.15) is 0 Å². The van der Waals surface area contributed by atoms with Gasteiger partial charge in [0.1, 0.15) is 5.82 Å². The van der Waals surface area contributed by atoms with Crippen molar-refractivity contribution in [3.8, 4) is 0 Å². The molecule has 0 heterocycles. The van der Waals surface area contributed by atoms with Crippen molar-refractivity contribution in [2.24, 2.45) is 5.73 Å². The molecule has 0 aliphatic rings. The van der Waals surface area contributed by atoms with Crippen molar-refractivity contribution in [3.05, 3.63) is 34.1 Å². The SMILES string of the molecule is CCC(N)Cc1cc(F)cc(Br)c1. The van der Waals surface area contributed by atoms with E-state index >= 15 is 0 Å². The van der Waals surface area contributed by atoms with Gasteiger partial charge in [0.2, 0.25) is 0 Å². The molecule has 0 aliphatic carbocycles. The van der Waals surface area contributed by atoms with Crippen LogP contribution in [0.5, 0.6) is 0 Å². The topological polar surface area (TPSA) is 26.0 Å². The van der Waals surface area contributed by atoms with Crippen molar-refractivity contribution in [1.82, 2.24) is 0 Å². The zero-order valence-corrected chi connectivity index (χ0v) is 9.14. The number of rotatable bonds is 3. The van der Waals surface area contributed by atoms with Crippen LogP contribution >= 0.6 is 15.9 Å². The molecule has 13 heavy (non-hydrogen) atoms. The van der Waals surface area contributed by atoms with E-state index in [0.717, 1.165) is 22.9 Å². The molecule has 1 nitrogen and oxygen atoms in total. The Hall–Kier alpha value is -0.410. The lowest BCUT2D eigenvalue weighted by molar-refractivity contribution is 0.613. The van der Waals surface area contributed by atoms with Crippen LogP contribution in [-0.4, -0.2) is 6.04 Å². The van der Waals surface area contributed by atoms with E-state index in [4.69, 9.17) is 5.73 Å². The highest BCUT2D eigenvalue weighted by Gasteiger charge is 2.03. The van der Waals surface area contributed by atoms with Crippen LogP contribution in [0.15, 0.2) is 22.7 Å². The summed E-state index contributed by atoms with van der Waals surface area (Å²) in [6.45, 7) is 2.03. The standard InChI is InChI=1S/C10H13BrFN/c1-2-10(13)5-7-3-8(11)6-9(12)4-7/h3-4,6,10H,2,5,13H2,1H3. The van der Waals surface area contributed by atoms with E-state index in [-0.39, 0.29) is 11.9 Å². The van der Waals surface area contributed by atoms with Crippen molar-refractivity contribution in [3.63, 3.8) is 0 Å². The van der Waals surface area contributed by atoms with E-state index in [1.54, 1.807) is 0 Å². The van der Waals surface area contributed by atoms with Crippen LogP contribution in [0.1, 0.15) is 18.9 Å². The predicted molar refractivity (Wildman–Crippen MR) is 56.1 cm³/mol. The third-order valence-electron chi connectivity index (χ3n) is 1.94. The van der Waals surface area contributed by atoms with Gasteiger partial charge in [-0.15, -0.1) is 0 Å². The Balaban J connectivity index is 2.77. The molecule has 1 atom stereocenters. The lowest BCUT2D eigenvalue weighted by Crippen LogP contribution is -2.21. The quantitative estimate of drug-likeness (QED) is 0.871. The lowest BCUT2D eigenvalue weighted by atomic mass is 10.1. The van der Waals surface area contributed by atoms with Gasteiger partial charge in [-0.25, -0.2) is 4.39 Å². The Kier molecular flexibility index (Phi) is 3.88. The van der Waals surface area contributed by atoms with Gasteiger partial charge in [0.25, 0.3) is 0 Å². The maximum Gasteiger partial charge on any atom is 0.124 e. The largest absolute Gasteiger partial charge is 0.327 e. The summed E-state index contributed by atoms with van der Waals surface area (Å²) in [5, 5.41) is 0. The van der Waals surface area contributed by atoms with Gasteiger partial charge in [-0.3, -0.25) is 0 Å². The fraction of sp³-hybridized carbons (Fsp3) is 0.400. The molecule has 0 aliphatic heterocycles. The summed E-state index contributed by atoms with van der Waals surface area (Å²) in [6, 6.07) is 4.99. The Morgan fingerprint density at radius 1 is 1.46 bits per heavy atom. The van der Waals surface area contributed by atoms with Crippen LogP contribution in [0.3, 0.4) is 0 Å². The van der Waals surface area contributed by atoms with Gasteiger partial charge >= 0.3 is 0 Å². The maximum atomic E-state index is 12.9. The fourth-order valence-corrected chi connectivity index (χ4v) is 1.69. The zero-order valence-electron chi connectivity index (χ0n) is 7.56. The average Bonchev–Trinajstić information content (AvgIpc) is 2.02. The predicted octanol–water partition coefficient (Wildman–Crippen LogP) is 2.87. The van der Waals surface area contributed by atoms with E-state index in [9.17, 15) is 4.39 Å². The Bertz CT molecular complexity index is 268. The Labute approximate surface area is 86.3 Å². The summed E-state index contributed by atoms with van der Waals surface area (Å²) in [5.41, 5.74) is 6.71. The summed E-state index contributed by atoms with van der Waals surface area (Å²) >= 11 is 3.24. The molecule has 1 rings (SSSR count). The van der Waals surface area contributed by atoms with E-state index in [2.05, 4.69) is 15.9 Å². The highest BCUT2D eigenvalue weighted by molar-refractivity contribution is 9.10. The van der Waals surface area contributed by atoms with Crippen molar-refractivity contribution >= 4 is 15.9 Å². The number of hydrogen-bond donors (Lipinski definition) is 1. The minimum atomic E-state index is -0.215. The molecule has 0 aromatic heterocycles. The monoisotopic (exact) mass is 245 g/mol. The van der Waals surface area contributed by atoms with Crippen molar-refractivity contribution in [2.45, 2.75) is 25.8 Å².